The van der Waals surface area contributed by atoms with E-state index in [2.05, 4.69) is 18.7 Å². The molecule has 1 atom stereocenters. The van der Waals surface area contributed by atoms with Crippen LogP contribution < -0.4 is 0 Å². The van der Waals surface area contributed by atoms with Crippen LogP contribution in [0, 0.1) is 5.82 Å². The van der Waals surface area contributed by atoms with Gasteiger partial charge in [0.15, 0.2) is 9.84 Å². The lowest BCUT2D eigenvalue weighted by molar-refractivity contribution is 0.0679. The van der Waals surface area contributed by atoms with Crippen molar-refractivity contribution in [3.8, 4) is 0 Å². The number of halogens is 1. The van der Waals surface area contributed by atoms with Crippen LogP contribution in [-0.2, 0) is 9.84 Å². The number of carbonyl (C=O) groups is 1. The van der Waals surface area contributed by atoms with Crippen LogP contribution in [0.4, 0.5) is 4.39 Å². The van der Waals surface area contributed by atoms with Crippen LogP contribution in [0.15, 0.2) is 24.3 Å². The Hall–Kier alpha value is -1.51. The molecule has 5 nitrogen and oxygen atoms in total. The zero-order valence-corrected chi connectivity index (χ0v) is 17.3. The molecule has 1 aromatic heterocycles. The maximum absolute atomic E-state index is 13.5. The number of amides is 1. The van der Waals surface area contributed by atoms with E-state index in [-0.39, 0.29) is 29.3 Å². The molecule has 0 radical (unpaired) electrons. The molecular formula is C19H25FN2O3S2. The summed E-state index contributed by atoms with van der Waals surface area (Å²) in [6.45, 7) is 7.08. The average Bonchev–Trinajstić information content (AvgIpc) is 3.21. The van der Waals surface area contributed by atoms with Gasteiger partial charge < -0.3 is 9.80 Å². The number of thiophene rings is 1. The summed E-state index contributed by atoms with van der Waals surface area (Å²) >= 11 is 1.33. The zero-order valence-electron chi connectivity index (χ0n) is 15.7. The summed E-state index contributed by atoms with van der Waals surface area (Å²) in [6.07, 6.45) is 0.478. The fourth-order valence-electron chi connectivity index (χ4n) is 3.52. The van der Waals surface area contributed by atoms with E-state index in [9.17, 15) is 17.6 Å². The molecule has 8 heteroatoms. The Morgan fingerprint density at radius 2 is 1.96 bits per heavy atom. The van der Waals surface area contributed by atoms with E-state index in [0.717, 1.165) is 17.8 Å². The number of likely N-dealkylation sites (N-methyl/N-ethyl adjacent to an activating group) is 1. The van der Waals surface area contributed by atoms with Crippen LogP contribution >= 0.6 is 11.3 Å². The van der Waals surface area contributed by atoms with Crippen LogP contribution in [0.25, 0.3) is 10.1 Å². The molecule has 1 aromatic carbocycles. The third-order valence-electron chi connectivity index (χ3n) is 5.15. The van der Waals surface area contributed by atoms with Crippen LogP contribution in [0.2, 0.25) is 0 Å². The van der Waals surface area contributed by atoms with Crippen molar-refractivity contribution in [3.05, 3.63) is 35.0 Å². The number of rotatable bonds is 7. The SMILES string of the molecule is CCN(CC)CCN(C(=O)c1cc2cc(F)ccc2s1)C1CCS(=O)(=O)C1. The van der Waals surface area contributed by atoms with E-state index in [0.29, 0.717) is 29.8 Å². The fourth-order valence-corrected chi connectivity index (χ4v) is 6.25. The third kappa shape index (κ3) is 4.67. The van der Waals surface area contributed by atoms with Gasteiger partial charge in [-0.2, -0.15) is 0 Å². The van der Waals surface area contributed by atoms with Crippen molar-refractivity contribution in [3.63, 3.8) is 0 Å². The smallest absolute Gasteiger partial charge is 0.264 e. The number of benzene rings is 1. The predicted molar refractivity (Wildman–Crippen MR) is 108 cm³/mol. The molecule has 0 aliphatic carbocycles. The Balaban J connectivity index is 1.86. The molecular weight excluding hydrogens is 387 g/mol. The topological polar surface area (TPSA) is 57.7 Å². The van der Waals surface area contributed by atoms with Crippen LogP contribution in [0.3, 0.4) is 0 Å². The second-order valence-corrected chi connectivity index (χ2v) is 10.2. The molecule has 1 fully saturated rings. The summed E-state index contributed by atoms with van der Waals surface area (Å²) in [6, 6.07) is 5.89. The molecule has 1 unspecified atom stereocenters. The number of sulfone groups is 1. The molecule has 0 bridgehead atoms. The number of hydrogen-bond donors (Lipinski definition) is 0. The van der Waals surface area contributed by atoms with Crippen LogP contribution in [0.5, 0.6) is 0 Å². The van der Waals surface area contributed by atoms with Crippen molar-refractivity contribution < 1.29 is 17.6 Å². The van der Waals surface area contributed by atoms with Gasteiger partial charge in [-0.3, -0.25) is 4.79 Å². The van der Waals surface area contributed by atoms with Gasteiger partial charge >= 0.3 is 0 Å². The highest BCUT2D eigenvalue weighted by Crippen LogP contribution is 2.29. The minimum absolute atomic E-state index is 0.0243. The number of hydrogen-bond acceptors (Lipinski definition) is 5. The van der Waals surface area contributed by atoms with Crippen molar-refractivity contribution >= 4 is 37.2 Å². The van der Waals surface area contributed by atoms with E-state index in [1.54, 1.807) is 17.0 Å². The molecule has 2 aromatic rings. The third-order valence-corrected chi connectivity index (χ3v) is 8.01. The number of fused-ring (bicyclic) bond motifs is 1. The molecule has 148 valence electrons. The lowest BCUT2D eigenvalue weighted by atomic mass is 10.2. The number of carbonyl (C=O) groups excluding carboxylic acids is 1. The van der Waals surface area contributed by atoms with Gasteiger partial charge in [0.25, 0.3) is 5.91 Å². The van der Waals surface area contributed by atoms with Gasteiger partial charge in [0.1, 0.15) is 5.82 Å². The Morgan fingerprint density at radius 3 is 2.59 bits per heavy atom. The minimum Gasteiger partial charge on any atom is -0.333 e. The molecule has 0 saturated carbocycles. The first-order valence-electron chi connectivity index (χ1n) is 9.25. The molecule has 0 spiro atoms. The first kappa shape index (κ1) is 20.2. The van der Waals surface area contributed by atoms with Crippen molar-refractivity contribution in [1.29, 1.82) is 0 Å². The Labute approximate surface area is 163 Å². The maximum Gasteiger partial charge on any atom is 0.264 e. The van der Waals surface area contributed by atoms with Crippen LogP contribution in [0.1, 0.15) is 29.9 Å². The standard InChI is InChI=1S/C19H25FN2O3S2/c1-3-21(4-2)8-9-22(16-7-10-27(24,25)13-16)19(23)18-12-14-11-15(20)5-6-17(14)26-18/h5-6,11-12,16H,3-4,7-10,13H2,1-2H3. The number of nitrogens with zero attached hydrogens (tertiary/aromatic N) is 2. The second-order valence-electron chi connectivity index (χ2n) is 6.88. The highest BCUT2D eigenvalue weighted by molar-refractivity contribution is 7.91. The van der Waals surface area contributed by atoms with Gasteiger partial charge in [-0.1, -0.05) is 13.8 Å². The highest BCUT2D eigenvalue weighted by Gasteiger charge is 2.35. The van der Waals surface area contributed by atoms with Gasteiger partial charge in [-0.05, 0) is 49.2 Å². The molecule has 1 amide bonds. The quantitative estimate of drug-likeness (QED) is 0.702. The summed E-state index contributed by atoms with van der Waals surface area (Å²) < 4.78 is 38.2. The lowest BCUT2D eigenvalue weighted by Gasteiger charge is -2.30. The predicted octanol–water partition coefficient (Wildman–Crippen LogP) is 3.01. The molecule has 27 heavy (non-hydrogen) atoms. The molecule has 1 aliphatic heterocycles. The first-order valence-corrected chi connectivity index (χ1v) is 11.9. The Kier molecular flexibility index (Phi) is 6.18. The van der Waals surface area contributed by atoms with Crippen molar-refractivity contribution in [2.45, 2.75) is 26.3 Å². The normalized spacial score (nSPS) is 19.0. The Morgan fingerprint density at radius 1 is 1.22 bits per heavy atom. The Bertz CT molecular complexity index is 922. The first-order chi connectivity index (χ1) is 12.8. The molecule has 2 heterocycles. The summed E-state index contributed by atoms with van der Waals surface area (Å²) in [5.41, 5.74) is 0. The lowest BCUT2D eigenvalue weighted by Crippen LogP contribution is -2.45. The molecule has 0 N–H and O–H groups in total. The highest BCUT2D eigenvalue weighted by atomic mass is 32.2. The van der Waals surface area contributed by atoms with Gasteiger partial charge in [-0.15, -0.1) is 11.3 Å². The molecule has 1 aliphatic rings. The summed E-state index contributed by atoms with van der Waals surface area (Å²) in [5.74, 6) is -0.341. The van der Waals surface area contributed by atoms with E-state index in [4.69, 9.17) is 0 Å². The summed E-state index contributed by atoms with van der Waals surface area (Å²) in [5, 5.41) is 0.700. The van der Waals surface area contributed by atoms with Crippen molar-refractivity contribution in [2.75, 3.05) is 37.7 Å². The van der Waals surface area contributed by atoms with Gasteiger partial charge in [0.05, 0.1) is 16.4 Å². The summed E-state index contributed by atoms with van der Waals surface area (Å²) in [4.78, 5) is 17.7. The fraction of sp³-hybridized carbons (Fsp3) is 0.526. The molecule has 3 rings (SSSR count). The zero-order chi connectivity index (χ0) is 19.6. The molecule has 1 saturated heterocycles. The second kappa shape index (κ2) is 8.24. The van der Waals surface area contributed by atoms with Crippen molar-refractivity contribution in [2.24, 2.45) is 0 Å². The van der Waals surface area contributed by atoms with Gasteiger partial charge in [0.2, 0.25) is 0 Å². The van der Waals surface area contributed by atoms with E-state index in [1.165, 1.54) is 23.5 Å². The van der Waals surface area contributed by atoms with E-state index < -0.39 is 9.84 Å². The van der Waals surface area contributed by atoms with E-state index in [1.807, 2.05) is 0 Å². The van der Waals surface area contributed by atoms with E-state index >= 15 is 0 Å². The maximum atomic E-state index is 13.5. The monoisotopic (exact) mass is 412 g/mol. The minimum atomic E-state index is -3.09. The van der Waals surface area contributed by atoms with Crippen LogP contribution in [-0.4, -0.2) is 67.9 Å². The van der Waals surface area contributed by atoms with Gasteiger partial charge in [-0.25, -0.2) is 12.8 Å². The largest absolute Gasteiger partial charge is 0.333 e. The van der Waals surface area contributed by atoms with Gasteiger partial charge in [0, 0.05) is 23.8 Å². The average molecular weight is 413 g/mol. The van der Waals surface area contributed by atoms with Crippen molar-refractivity contribution in [1.82, 2.24) is 9.80 Å². The summed E-state index contributed by atoms with van der Waals surface area (Å²) in [7, 11) is -3.09.